The van der Waals surface area contributed by atoms with Crippen LogP contribution in [0.15, 0.2) is 51.9 Å². The van der Waals surface area contributed by atoms with E-state index in [-0.39, 0.29) is 27.4 Å². The number of nitrogens with zero attached hydrogens (tertiary/aromatic N) is 2. The number of rotatable bonds is 6. The lowest BCUT2D eigenvalue weighted by atomic mass is 10.0. The van der Waals surface area contributed by atoms with Crippen LogP contribution in [0, 0.1) is 0 Å². The van der Waals surface area contributed by atoms with E-state index in [2.05, 4.69) is 28.7 Å². The van der Waals surface area contributed by atoms with E-state index in [1.54, 1.807) is 0 Å². The standard InChI is InChI=1S/C18H17Cl2N3O3S/c1-11(2)12-3-5-13(6-4-12)18-22-17(26-23-18)10-21-27(24,25)16-9-14(19)7-8-15(16)20/h3-9,11,21H,10H2,1-2H3. The van der Waals surface area contributed by atoms with Crippen molar-refractivity contribution in [2.75, 3.05) is 0 Å². The second-order valence-electron chi connectivity index (χ2n) is 6.19. The van der Waals surface area contributed by atoms with Gasteiger partial charge in [-0.2, -0.15) is 4.98 Å². The number of hydrogen-bond acceptors (Lipinski definition) is 5. The maximum atomic E-state index is 12.4. The smallest absolute Gasteiger partial charge is 0.242 e. The van der Waals surface area contributed by atoms with E-state index in [9.17, 15) is 8.42 Å². The summed E-state index contributed by atoms with van der Waals surface area (Å²) < 4.78 is 32.3. The Labute approximate surface area is 167 Å². The third-order valence-corrected chi connectivity index (χ3v) is 6.02. The van der Waals surface area contributed by atoms with E-state index < -0.39 is 10.0 Å². The minimum Gasteiger partial charge on any atom is -0.338 e. The summed E-state index contributed by atoms with van der Waals surface area (Å²) in [6.07, 6.45) is 0. The lowest BCUT2D eigenvalue weighted by Crippen LogP contribution is -2.23. The van der Waals surface area contributed by atoms with Crippen molar-refractivity contribution in [2.45, 2.75) is 31.2 Å². The van der Waals surface area contributed by atoms with Gasteiger partial charge in [-0.3, -0.25) is 0 Å². The average Bonchev–Trinajstić information content (AvgIpc) is 3.11. The summed E-state index contributed by atoms with van der Waals surface area (Å²) in [4.78, 5) is 4.12. The van der Waals surface area contributed by atoms with Crippen molar-refractivity contribution in [1.82, 2.24) is 14.9 Å². The molecule has 0 unspecified atom stereocenters. The predicted octanol–water partition coefficient (Wildman–Crippen LogP) is 4.65. The number of benzene rings is 2. The average molecular weight is 426 g/mol. The molecule has 1 heterocycles. The zero-order valence-electron chi connectivity index (χ0n) is 14.6. The number of nitrogens with one attached hydrogen (secondary N) is 1. The van der Waals surface area contributed by atoms with Crippen LogP contribution in [-0.2, 0) is 16.6 Å². The highest BCUT2D eigenvalue weighted by atomic mass is 35.5. The van der Waals surface area contributed by atoms with Gasteiger partial charge in [0.2, 0.25) is 21.7 Å². The van der Waals surface area contributed by atoms with Crippen molar-refractivity contribution in [3.8, 4) is 11.4 Å². The molecule has 0 aliphatic carbocycles. The Hall–Kier alpha value is -1.93. The third-order valence-electron chi connectivity index (χ3n) is 3.90. The number of aromatic nitrogens is 2. The number of sulfonamides is 1. The highest BCUT2D eigenvalue weighted by Crippen LogP contribution is 2.25. The van der Waals surface area contributed by atoms with Gasteiger partial charge in [-0.25, -0.2) is 13.1 Å². The molecule has 0 aliphatic heterocycles. The molecular weight excluding hydrogens is 409 g/mol. The van der Waals surface area contributed by atoms with Crippen molar-refractivity contribution >= 4 is 33.2 Å². The molecule has 0 bridgehead atoms. The van der Waals surface area contributed by atoms with Crippen LogP contribution in [0.2, 0.25) is 10.0 Å². The van der Waals surface area contributed by atoms with Gasteiger partial charge in [-0.15, -0.1) is 0 Å². The van der Waals surface area contributed by atoms with Crippen LogP contribution in [0.5, 0.6) is 0 Å². The molecule has 3 rings (SSSR count). The van der Waals surface area contributed by atoms with Crippen LogP contribution in [0.1, 0.15) is 31.2 Å². The van der Waals surface area contributed by atoms with E-state index >= 15 is 0 Å². The van der Waals surface area contributed by atoms with E-state index in [1.807, 2.05) is 24.3 Å². The van der Waals surface area contributed by atoms with Gasteiger partial charge >= 0.3 is 0 Å². The molecule has 0 saturated carbocycles. The molecular formula is C18H17Cl2N3O3S. The monoisotopic (exact) mass is 425 g/mol. The fourth-order valence-electron chi connectivity index (χ4n) is 2.38. The van der Waals surface area contributed by atoms with Gasteiger partial charge in [0.25, 0.3) is 0 Å². The van der Waals surface area contributed by atoms with Gasteiger partial charge in [-0.05, 0) is 29.7 Å². The maximum absolute atomic E-state index is 12.4. The van der Waals surface area contributed by atoms with Crippen molar-refractivity contribution in [3.05, 3.63) is 64.0 Å². The SMILES string of the molecule is CC(C)c1ccc(-c2noc(CNS(=O)(=O)c3cc(Cl)ccc3Cl)n2)cc1. The molecule has 3 aromatic rings. The molecule has 0 spiro atoms. The highest BCUT2D eigenvalue weighted by Gasteiger charge is 2.20. The van der Waals surface area contributed by atoms with Crippen LogP contribution >= 0.6 is 23.2 Å². The van der Waals surface area contributed by atoms with Crippen molar-refractivity contribution in [2.24, 2.45) is 0 Å². The molecule has 1 aromatic heterocycles. The third kappa shape index (κ3) is 4.68. The minimum absolute atomic E-state index is 0.0726. The fourth-order valence-corrected chi connectivity index (χ4v) is 4.11. The summed E-state index contributed by atoms with van der Waals surface area (Å²) in [6, 6.07) is 12.0. The van der Waals surface area contributed by atoms with Gasteiger partial charge in [0.15, 0.2) is 0 Å². The Morgan fingerprint density at radius 3 is 2.48 bits per heavy atom. The molecule has 0 amide bonds. The first-order chi connectivity index (χ1) is 12.8. The van der Waals surface area contributed by atoms with Gasteiger partial charge in [0.1, 0.15) is 4.90 Å². The van der Waals surface area contributed by atoms with Crippen molar-refractivity contribution in [1.29, 1.82) is 0 Å². The zero-order valence-corrected chi connectivity index (χ0v) is 16.9. The first kappa shape index (κ1) is 19.8. The predicted molar refractivity (Wildman–Crippen MR) is 104 cm³/mol. The second-order valence-corrected chi connectivity index (χ2v) is 8.77. The lowest BCUT2D eigenvalue weighted by molar-refractivity contribution is 0.376. The van der Waals surface area contributed by atoms with Crippen LogP contribution in [0.25, 0.3) is 11.4 Å². The lowest BCUT2D eigenvalue weighted by Gasteiger charge is -2.07. The van der Waals surface area contributed by atoms with Crippen LogP contribution < -0.4 is 4.72 Å². The second kappa shape index (κ2) is 7.98. The maximum Gasteiger partial charge on any atom is 0.242 e. The first-order valence-corrected chi connectivity index (χ1v) is 10.4. The van der Waals surface area contributed by atoms with E-state index in [1.165, 1.54) is 23.8 Å². The molecule has 6 nitrogen and oxygen atoms in total. The highest BCUT2D eigenvalue weighted by molar-refractivity contribution is 7.89. The summed E-state index contributed by atoms with van der Waals surface area (Å²) in [6.45, 7) is 4.06. The Bertz CT molecular complexity index is 1050. The van der Waals surface area contributed by atoms with E-state index in [0.717, 1.165) is 5.56 Å². The fraction of sp³-hybridized carbons (Fsp3) is 0.222. The van der Waals surface area contributed by atoms with Gasteiger partial charge in [0.05, 0.1) is 11.6 Å². The quantitative estimate of drug-likeness (QED) is 0.621. The molecule has 0 fully saturated rings. The first-order valence-electron chi connectivity index (χ1n) is 8.14. The minimum atomic E-state index is -3.88. The zero-order chi connectivity index (χ0) is 19.6. The molecule has 0 radical (unpaired) electrons. The van der Waals surface area contributed by atoms with Gasteiger partial charge < -0.3 is 4.52 Å². The number of halogens is 2. The summed E-state index contributed by atoms with van der Waals surface area (Å²) >= 11 is 11.8. The van der Waals surface area contributed by atoms with Gasteiger partial charge in [0, 0.05) is 10.6 Å². The Morgan fingerprint density at radius 1 is 1.11 bits per heavy atom. The van der Waals surface area contributed by atoms with Crippen molar-refractivity contribution in [3.63, 3.8) is 0 Å². The molecule has 0 atom stereocenters. The van der Waals surface area contributed by atoms with Crippen molar-refractivity contribution < 1.29 is 12.9 Å². The Morgan fingerprint density at radius 2 is 1.81 bits per heavy atom. The Balaban J connectivity index is 1.73. The largest absolute Gasteiger partial charge is 0.338 e. The summed E-state index contributed by atoms with van der Waals surface area (Å²) in [5.41, 5.74) is 1.99. The molecule has 142 valence electrons. The molecule has 2 aromatic carbocycles. The molecule has 9 heteroatoms. The molecule has 0 aliphatic rings. The normalized spacial score (nSPS) is 11.9. The summed E-state index contributed by atoms with van der Waals surface area (Å²) in [7, 11) is -3.88. The molecule has 0 saturated heterocycles. The number of hydrogen-bond donors (Lipinski definition) is 1. The molecule has 1 N–H and O–H groups in total. The Kier molecular flexibility index (Phi) is 5.86. The van der Waals surface area contributed by atoms with E-state index in [0.29, 0.717) is 11.7 Å². The van der Waals surface area contributed by atoms with Crippen LogP contribution in [0.4, 0.5) is 0 Å². The molecule has 27 heavy (non-hydrogen) atoms. The topological polar surface area (TPSA) is 85.1 Å². The summed E-state index contributed by atoms with van der Waals surface area (Å²) in [5.74, 6) is 0.951. The summed E-state index contributed by atoms with van der Waals surface area (Å²) in [5, 5.41) is 4.24. The van der Waals surface area contributed by atoms with Crippen LogP contribution in [-0.4, -0.2) is 18.6 Å². The van der Waals surface area contributed by atoms with Crippen LogP contribution in [0.3, 0.4) is 0 Å². The van der Waals surface area contributed by atoms with E-state index in [4.69, 9.17) is 27.7 Å². The van der Waals surface area contributed by atoms with Gasteiger partial charge in [-0.1, -0.05) is 66.5 Å².